The summed E-state index contributed by atoms with van der Waals surface area (Å²) in [4.78, 5) is 38.7. The van der Waals surface area contributed by atoms with E-state index < -0.39 is 11.9 Å². The molecule has 1 aromatic rings. The van der Waals surface area contributed by atoms with Crippen LogP contribution in [-0.2, 0) is 4.79 Å². The predicted octanol–water partition coefficient (Wildman–Crippen LogP) is 0.000600. The highest BCUT2D eigenvalue weighted by atomic mass is 16.4. The van der Waals surface area contributed by atoms with Crippen LogP contribution in [0.5, 0.6) is 0 Å². The van der Waals surface area contributed by atoms with Gasteiger partial charge in [-0.3, -0.25) is 14.4 Å². The van der Waals surface area contributed by atoms with Crippen molar-refractivity contribution in [3.63, 3.8) is 0 Å². The number of hydrogen-bond donors (Lipinski definition) is 3. The van der Waals surface area contributed by atoms with Gasteiger partial charge in [-0.1, -0.05) is 6.92 Å². The maximum absolute atomic E-state index is 11.6. The van der Waals surface area contributed by atoms with Crippen molar-refractivity contribution in [3.05, 3.63) is 28.4 Å². The van der Waals surface area contributed by atoms with Crippen molar-refractivity contribution in [2.24, 2.45) is 5.92 Å². The molecule has 7 nitrogen and oxygen atoms in total. The molecule has 0 fully saturated rings. The summed E-state index contributed by atoms with van der Waals surface area (Å²) in [6, 6.07) is 0. The Kier molecular flexibility index (Phi) is 5.04. The van der Waals surface area contributed by atoms with Gasteiger partial charge in [0.25, 0.3) is 11.5 Å². The third-order valence-corrected chi connectivity index (χ3v) is 2.37. The molecule has 3 N–H and O–H groups in total. The molecule has 1 unspecified atom stereocenters. The molecule has 1 rings (SSSR count). The third-order valence-electron chi connectivity index (χ3n) is 2.37. The van der Waals surface area contributed by atoms with E-state index in [2.05, 4.69) is 15.3 Å². The number of nitrogens with zero attached hydrogens (tertiary/aromatic N) is 1. The second-order valence-corrected chi connectivity index (χ2v) is 4.04. The molecule has 0 aliphatic heterocycles. The lowest BCUT2D eigenvalue weighted by molar-refractivity contribution is -0.137. The average molecular weight is 253 g/mol. The fourth-order valence-electron chi connectivity index (χ4n) is 1.30. The van der Waals surface area contributed by atoms with Crippen LogP contribution >= 0.6 is 0 Å². The molecule has 0 aromatic carbocycles. The van der Waals surface area contributed by atoms with Crippen LogP contribution in [0.25, 0.3) is 0 Å². The quantitative estimate of drug-likeness (QED) is 0.660. The van der Waals surface area contributed by atoms with E-state index in [0.29, 0.717) is 13.0 Å². The first-order chi connectivity index (χ1) is 8.49. The van der Waals surface area contributed by atoms with Crippen molar-refractivity contribution in [1.82, 2.24) is 15.3 Å². The van der Waals surface area contributed by atoms with Gasteiger partial charge in [0.15, 0.2) is 0 Å². The molecule has 98 valence electrons. The maximum atomic E-state index is 11.6. The largest absolute Gasteiger partial charge is 0.481 e. The summed E-state index contributed by atoms with van der Waals surface area (Å²) in [5, 5.41) is 11.1. The van der Waals surface area contributed by atoms with Gasteiger partial charge in [0.2, 0.25) is 0 Å². The number of carbonyl (C=O) groups excluding carboxylic acids is 1. The monoisotopic (exact) mass is 253 g/mol. The summed E-state index contributed by atoms with van der Waals surface area (Å²) in [7, 11) is 0. The zero-order chi connectivity index (χ0) is 13.5. The molecule has 0 bridgehead atoms. The van der Waals surface area contributed by atoms with Gasteiger partial charge in [0, 0.05) is 19.2 Å². The number of carboxylic acids is 1. The zero-order valence-corrected chi connectivity index (χ0v) is 9.97. The second-order valence-electron chi connectivity index (χ2n) is 4.04. The first-order valence-electron chi connectivity index (χ1n) is 5.53. The average Bonchev–Trinajstić information content (AvgIpc) is 2.34. The van der Waals surface area contributed by atoms with E-state index >= 15 is 0 Å². The van der Waals surface area contributed by atoms with Crippen LogP contribution in [0.15, 0.2) is 17.2 Å². The van der Waals surface area contributed by atoms with Gasteiger partial charge < -0.3 is 15.4 Å². The van der Waals surface area contributed by atoms with E-state index in [0.717, 1.165) is 6.20 Å². The van der Waals surface area contributed by atoms with Gasteiger partial charge in [-0.05, 0) is 12.3 Å². The van der Waals surface area contributed by atoms with Crippen LogP contribution in [-0.4, -0.2) is 33.5 Å². The molecule has 0 spiro atoms. The Hall–Kier alpha value is -2.18. The van der Waals surface area contributed by atoms with Gasteiger partial charge >= 0.3 is 5.97 Å². The van der Waals surface area contributed by atoms with E-state index in [4.69, 9.17) is 5.11 Å². The molecule has 0 aliphatic rings. The van der Waals surface area contributed by atoms with Crippen molar-refractivity contribution >= 4 is 11.9 Å². The summed E-state index contributed by atoms with van der Waals surface area (Å²) >= 11 is 0. The number of nitrogens with one attached hydrogen (secondary N) is 2. The van der Waals surface area contributed by atoms with Crippen LogP contribution in [0.3, 0.4) is 0 Å². The van der Waals surface area contributed by atoms with E-state index in [1.165, 1.54) is 6.20 Å². The molecule has 7 heteroatoms. The Morgan fingerprint density at radius 3 is 2.83 bits per heavy atom. The molecule has 0 saturated carbocycles. The van der Waals surface area contributed by atoms with Crippen molar-refractivity contribution in [3.8, 4) is 0 Å². The van der Waals surface area contributed by atoms with Crippen molar-refractivity contribution in [2.75, 3.05) is 6.54 Å². The highest BCUT2D eigenvalue weighted by molar-refractivity contribution is 5.91. The number of hydrogen-bond acceptors (Lipinski definition) is 4. The smallest absolute Gasteiger partial charge is 0.303 e. The number of H-pyrrole nitrogens is 1. The maximum Gasteiger partial charge on any atom is 0.303 e. The lowest BCUT2D eigenvalue weighted by atomic mass is 10.1. The summed E-state index contributed by atoms with van der Waals surface area (Å²) < 4.78 is 0. The number of carbonyl (C=O) groups is 2. The molecule has 1 heterocycles. The molecule has 1 amide bonds. The number of carboxylic acid groups (broad SMARTS) is 1. The molecular formula is C11H15N3O4. The van der Waals surface area contributed by atoms with Gasteiger partial charge in [0.05, 0.1) is 6.20 Å². The second kappa shape index (κ2) is 6.53. The highest BCUT2D eigenvalue weighted by Crippen LogP contribution is 2.04. The molecular weight excluding hydrogens is 238 g/mol. The van der Waals surface area contributed by atoms with E-state index in [1.54, 1.807) is 0 Å². The minimum Gasteiger partial charge on any atom is -0.481 e. The number of aliphatic carboxylic acids is 1. The lowest BCUT2D eigenvalue weighted by Gasteiger charge is -2.10. The molecule has 1 aromatic heterocycles. The number of rotatable bonds is 6. The first kappa shape index (κ1) is 13.9. The van der Waals surface area contributed by atoms with Crippen LogP contribution in [0, 0.1) is 5.92 Å². The van der Waals surface area contributed by atoms with Crippen LogP contribution in [0.1, 0.15) is 30.3 Å². The fraction of sp³-hybridized carbons (Fsp3) is 0.455. The highest BCUT2D eigenvalue weighted by Gasteiger charge is 2.10. The molecule has 0 radical (unpaired) electrons. The van der Waals surface area contributed by atoms with Crippen LogP contribution in [0.2, 0.25) is 0 Å². The van der Waals surface area contributed by atoms with E-state index in [-0.39, 0.29) is 23.6 Å². The van der Waals surface area contributed by atoms with Crippen molar-refractivity contribution in [2.45, 2.75) is 19.8 Å². The third kappa shape index (κ3) is 4.77. The summed E-state index contributed by atoms with van der Waals surface area (Å²) in [6.07, 6.45) is 2.84. The van der Waals surface area contributed by atoms with Gasteiger partial charge in [0.1, 0.15) is 5.69 Å². The Morgan fingerprint density at radius 2 is 2.28 bits per heavy atom. The van der Waals surface area contributed by atoms with Gasteiger partial charge in [-0.2, -0.15) is 0 Å². The van der Waals surface area contributed by atoms with Crippen molar-refractivity contribution < 1.29 is 14.7 Å². The van der Waals surface area contributed by atoms with E-state index in [9.17, 15) is 14.4 Å². The van der Waals surface area contributed by atoms with Gasteiger partial charge in [-0.15, -0.1) is 0 Å². The molecule has 0 saturated heterocycles. The summed E-state index contributed by atoms with van der Waals surface area (Å²) in [5.41, 5.74) is -0.249. The lowest BCUT2D eigenvalue weighted by Crippen LogP contribution is -2.29. The van der Waals surface area contributed by atoms with Crippen LogP contribution < -0.4 is 10.9 Å². The molecule has 1 atom stereocenters. The number of aromatic nitrogens is 2. The zero-order valence-electron chi connectivity index (χ0n) is 9.97. The molecule has 0 aliphatic carbocycles. The number of amides is 1. The van der Waals surface area contributed by atoms with Gasteiger partial charge in [-0.25, -0.2) is 4.98 Å². The topological polar surface area (TPSA) is 112 Å². The summed E-state index contributed by atoms with van der Waals surface area (Å²) in [6.45, 7) is 2.22. The minimum atomic E-state index is -0.851. The Morgan fingerprint density at radius 1 is 1.56 bits per heavy atom. The Labute approximate surface area is 103 Å². The van der Waals surface area contributed by atoms with Crippen LogP contribution in [0.4, 0.5) is 0 Å². The standard InChI is InChI=1S/C11H15N3O4/c1-7(2-3-10(16)17)4-14-11(18)8-5-13-9(15)6-12-8/h5-7H,2-4H2,1H3,(H,13,15)(H,14,18)(H,16,17). The predicted molar refractivity (Wildman–Crippen MR) is 63.2 cm³/mol. The van der Waals surface area contributed by atoms with E-state index in [1.807, 2.05) is 6.92 Å². The normalized spacial score (nSPS) is 11.8. The SMILES string of the molecule is CC(CCC(=O)O)CNC(=O)c1c[nH]c(=O)cn1. The fourth-order valence-corrected chi connectivity index (χ4v) is 1.30. The Balaban J connectivity index is 2.39. The first-order valence-corrected chi connectivity index (χ1v) is 5.53. The molecule has 18 heavy (non-hydrogen) atoms. The Bertz CT molecular complexity index is 463. The minimum absolute atomic E-state index is 0.0628. The summed E-state index contributed by atoms with van der Waals surface area (Å²) in [5.74, 6) is -1.18. The van der Waals surface area contributed by atoms with Crippen molar-refractivity contribution in [1.29, 1.82) is 0 Å². The number of aromatic amines is 1.